The van der Waals surface area contributed by atoms with E-state index in [-0.39, 0.29) is 0 Å². The molecule has 0 unspecified atom stereocenters. The van der Waals surface area contributed by atoms with Gasteiger partial charge < -0.3 is 3.44 Å². The molecule has 0 saturated carbocycles. The van der Waals surface area contributed by atoms with Gasteiger partial charge in [0.15, 0.2) is 0 Å². The highest BCUT2D eigenvalue weighted by atomic mass is 127. The van der Waals surface area contributed by atoms with Gasteiger partial charge in [-0.05, 0) is 11.1 Å². The van der Waals surface area contributed by atoms with Crippen LogP contribution in [0.3, 0.4) is 0 Å². The predicted molar refractivity (Wildman–Crippen MR) is 60.8 cm³/mol. The zero-order valence-corrected chi connectivity index (χ0v) is 11.6. The summed E-state index contributed by atoms with van der Waals surface area (Å²) in [6, 6.07) is 18.7. The van der Waals surface area contributed by atoms with Gasteiger partial charge in [0.1, 0.15) is 5.92 Å². The first-order valence-electron chi connectivity index (χ1n) is 5.40. The summed E-state index contributed by atoms with van der Waals surface area (Å²) in [7, 11) is 0. The summed E-state index contributed by atoms with van der Waals surface area (Å²) in [6.45, 7) is 0. The molecule has 0 amide bonds. The average molecular weight is 354 g/mol. The first-order valence-corrected chi connectivity index (χ1v) is 7.17. The van der Waals surface area contributed by atoms with Crippen LogP contribution in [0.2, 0.25) is 0 Å². The Bertz CT molecular complexity index is 459. The van der Waals surface area contributed by atoms with Crippen LogP contribution in [0.15, 0.2) is 60.7 Å². The number of carbonyl (C=O) groups is 1. The van der Waals surface area contributed by atoms with Crippen LogP contribution >= 0.6 is 0 Å². The topological polar surface area (TPSA) is 49.4 Å². The molecule has 0 aliphatic carbocycles. The van der Waals surface area contributed by atoms with Crippen molar-refractivity contribution in [1.29, 1.82) is 0 Å². The normalized spacial score (nSPS) is 10.3. The van der Waals surface area contributed by atoms with Crippen LogP contribution in [0.25, 0.3) is 0 Å². The van der Waals surface area contributed by atoms with Crippen molar-refractivity contribution in [1.82, 2.24) is 0 Å². The second-order valence-electron chi connectivity index (χ2n) is 3.71. The Morgan fingerprint density at radius 3 is 1.78 bits per heavy atom. The van der Waals surface area contributed by atoms with Crippen molar-refractivity contribution in [2.24, 2.45) is 0 Å². The number of hydrogen-bond acceptors (Lipinski definition) is 3. The van der Waals surface area contributed by atoms with Crippen molar-refractivity contribution in [3.8, 4) is 0 Å². The summed E-state index contributed by atoms with van der Waals surface area (Å²) in [5.74, 6) is -0.976. The predicted octanol–water partition coefficient (Wildman–Crippen LogP) is -1.36. The molecule has 0 aliphatic rings. The van der Waals surface area contributed by atoms with Gasteiger partial charge >= 0.3 is 28.0 Å². The van der Waals surface area contributed by atoms with E-state index in [4.69, 9.17) is 3.07 Å². The van der Waals surface area contributed by atoms with Crippen molar-refractivity contribution >= 4 is 5.97 Å². The van der Waals surface area contributed by atoms with Crippen LogP contribution in [-0.4, -0.2) is 5.97 Å². The Labute approximate surface area is 117 Å². The molecule has 0 spiro atoms. The molecular formula is C14H11IO3. The summed E-state index contributed by atoms with van der Waals surface area (Å²) in [6.07, 6.45) is 0. The van der Waals surface area contributed by atoms with Crippen LogP contribution < -0.4 is 25.5 Å². The summed E-state index contributed by atoms with van der Waals surface area (Å²) >= 11 is -1.75. The lowest BCUT2D eigenvalue weighted by molar-refractivity contribution is -1.26. The highest BCUT2D eigenvalue weighted by Crippen LogP contribution is 2.24. The second kappa shape index (κ2) is 6.51. The van der Waals surface area contributed by atoms with E-state index in [9.17, 15) is 8.23 Å². The lowest BCUT2D eigenvalue weighted by Crippen LogP contribution is -3.70. The lowest BCUT2D eigenvalue weighted by atomic mass is 9.92. The molecule has 2 aromatic rings. The minimum Gasteiger partial charge on any atom is -0.558 e. The molecule has 18 heavy (non-hydrogen) atoms. The zero-order chi connectivity index (χ0) is 12.8. The quantitative estimate of drug-likeness (QED) is 0.638. The maximum Gasteiger partial charge on any atom is 0.517 e. The van der Waals surface area contributed by atoms with Crippen molar-refractivity contribution in [3.05, 3.63) is 71.8 Å². The van der Waals surface area contributed by atoms with Crippen LogP contribution in [0, 0.1) is 0 Å². The van der Waals surface area contributed by atoms with Gasteiger partial charge in [0.05, 0.1) is 0 Å². The van der Waals surface area contributed by atoms with Gasteiger partial charge in [0, 0.05) is 0 Å². The molecule has 0 aliphatic heterocycles. The summed E-state index contributed by atoms with van der Waals surface area (Å²) in [5, 5.41) is 0. The van der Waals surface area contributed by atoms with E-state index in [1.807, 2.05) is 60.7 Å². The molecular weight excluding hydrogens is 343 g/mol. The van der Waals surface area contributed by atoms with Crippen LogP contribution in [-0.2, 0) is 7.86 Å². The average Bonchev–Trinajstić information content (AvgIpc) is 2.42. The van der Waals surface area contributed by atoms with E-state index in [0.717, 1.165) is 11.1 Å². The molecule has 3 nitrogen and oxygen atoms in total. The van der Waals surface area contributed by atoms with Gasteiger partial charge in [-0.2, -0.15) is 0 Å². The maximum absolute atomic E-state index is 11.9. The van der Waals surface area contributed by atoms with E-state index in [1.165, 1.54) is 0 Å². The molecule has 92 valence electrons. The highest BCUT2D eigenvalue weighted by Gasteiger charge is 2.27. The first-order chi connectivity index (χ1) is 8.83. The zero-order valence-electron chi connectivity index (χ0n) is 9.45. The fraction of sp³-hybridized carbons (Fsp3) is 0.0714. The van der Waals surface area contributed by atoms with Gasteiger partial charge in [-0.3, -0.25) is 0 Å². The molecule has 4 heteroatoms. The molecule has 0 atom stereocenters. The molecule has 0 fully saturated rings. The molecule has 0 N–H and O–H groups in total. The largest absolute Gasteiger partial charge is 0.558 e. The third-order valence-electron chi connectivity index (χ3n) is 2.61. The number of halogens is 1. The van der Waals surface area contributed by atoms with Crippen molar-refractivity contribution < 1.29 is 33.3 Å². The Morgan fingerprint density at radius 2 is 1.39 bits per heavy atom. The number of rotatable bonds is 4. The fourth-order valence-corrected chi connectivity index (χ4v) is 2.26. The molecule has 0 bridgehead atoms. The standard InChI is InChI=1S/C14H11IO3/c16-14(18-15-17)13(11-7-3-1-4-8-11)12-9-5-2-6-10-12/h1-10,13H. The Balaban J connectivity index is 2.38. The van der Waals surface area contributed by atoms with Crippen molar-refractivity contribution in [2.45, 2.75) is 5.92 Å². The first kappa shape index (κ1) is 13.0. The van der Waals surface area contributed by atoms with E-state index < -0.39 is 33.9 Å². The van der Waals surface area contributed by atoms with Gasteiger partial charge in [-0.15, -0.1) is 0 Å². The lowest BCUT2D eigenvalue weighted by Gasteiger charge is -2.12. The second-order valence-corrected chi connectivity index (χ2v) is 4.51. The summed E-state index contributed by atoms with van der Waals surface area (Å²) in [4.78, 5) is 11.9. The van der Waals surface area contributed by atoms with E-state index in [1.54, 1.807) is 0 Å². The van der Waals surface area contributed by atoms with Crippen molar-refractivity contribution in [3.63, 3.8) is 0 Å². The fourth-order valence-electron chi connectivity index (χ4n) is 1.83. The van der Waals surface area contributed by atoms with E-state index in [0.29, 0.717) is 0 Å². The SMILES string of the molecule is O=C(O[I+][O-])C(c1ccccc1)c1ccccc1. The molecule has 0 radical (unpaired) electrons. The minimum atomic E-state index is -1.75. The Hall–Kier alpha value is -1.40. The molecule has 0 aromatic heterocycles. The van der Waals surface area contributed by atoms with Crippen molar-refractivity contribution in [2.75, 3.05) is 0 Å². The third kappa shape index (κ3) is 3.08. The van der Waals surface area contributed by atoms with E-state index >= 15 is 0 Å². The number of benzene rings is 2. The number of carbonyl (C=O) groups excluding carboxylic acids is 1. The smallest absolute Gasteiger partial charge is 0.517 e. The molecule has 2 rings (SSSR count). The minimum absolute atomic E-state index is 0.463. The summed E-state index contributed by atoms with van der Waals surface area (Å²) in [5.41, 5.74) is 1.68. The molecule has 2 aromatic carbocycles. The monoisotopic (exact) mass is 354 g/mol. The third-order valence-corrected chi connectivity index (χ3v) is 3.22. The Kier molecular flexibility index (Phi) is 4.72. The van der Waals surface area contributed by atoms with Gasteiger partial charge in [-0.25, -0.2) is 7.86 Å². The van der Waals surface area contributed by atoms with Crippen LogP contribution in [0.4, 0.5) is 0 Å². The molecule has 0 heterocycles. The van der Waals surface area contributed by atoms with Gasteiger partial charge in [-0.1, -0.05) is 60.7 Å². The van der Waals surface area contributed by atoms with E-state index in [2.05, 4.69) is 0 Å². The summed E-state index contributed by atoms with van der Waals surface area (Å²) < 4.78 is 15.3. The molecule has 0 saturated heterocycles. The Morgan fingerprint density at radius 1 is 0.944 bits per heavy atom. The highest BCUT2D eigenvalue weighted by molar-refractivity contribution is 5.81. The van der Waals surface area contributed by atoms with Gasteiger partial charge in [0.2, 0.25) is 0 Å². The number of hydrogen-bond donors (Lipinski definition) is 0. The maximum atomic E-state index is 11.9. The van der Waals surface area contributed by atoms with Gasteiger partial charge in [0.25, 0.3) is 0 Å². The van der Waals surface area contributed by atoms with Crippen LogP contribution in [0.1, 0.15) is 17.0 Å². The van der Waals surface area contributed by atoms with Crippen LogP contribution in [0.5, 0.6) is 0 Å².